The Morgan fingerprint density at radius 1 is 1.32 bits per heavy atom. The van der Waals surface area contributed by atoms with Gasteiger partial charge >= 0.3 is 0 Å². The number of nitrogens with one attached hydrogen (secondary N) is 1. The second kappa shape index (κ2) is 5.80. The van der Waals surface area contributed by atoms with Crippen LogP contribution < -0.4 is 10.1 Å². The first-order chi connectivity index (χ1) is 9.35. The molecule has 3 rings (SSSR count). The summed E-state index contributed by atoms with van der Waals surface area (Å²) < 4.78 is 11.8. The molecule has 0 amide bonds. The maximum absolute atomic E-state index is 6.06. The van der Waals surface area contributed by atoms with Gasteiger partial charge in [-0.1, -0.05) is 19.1 Å². The Morgan fingerprint density at radius 2 is 2.21 bits per heavy atom. The first-order valence-corrected chi connectivity index (χ1v) is 7.18. The molecule has 1 fully saturated rings. The molecule has 1 aromatic carbocycles. The van der Waals surface area contributed by atoms with Crippen molar-refractivity contribution in [2.45, 2.75) is 25.6 Å². The molecule has 1 N–H and O–H groups in total. The Labute approximate surface area is 114 Å². The minimum Gasteiger partial charge on any atom is -0.485 e. The lowest BCUT2D eigenvalue weighted by atomic mass is 10.2. The number of ether oxygens (including phenoxy) is 2. The van der Waals surface area contributed by atoms with Gasteiger partial charge in [0, 0.05) is 19.6 Å². The number of anilines is 1. The van der Waals surface area contributed by atoms with Crippen LogP contribution in [0, 0.1) is 0 Å². The van der Waals surface area contributed by atoms with E-state index in [1.54, 1.807) is 0 Å². The predicted octanol–water partition coefficient (Wildman–Crippen LogP) is 1.97. The number of benzene rings is 1. The van der Waals surface area contributed by atoms with E-state index < -0.39 is 0 Å². The molecular formula is C15H22N2O2. The van der Waals surface area contributed by atoms with Crippen molar-refractivity contribution in [3.63, 3.8) is 0 Å². The zero-order valence-corrected chi connectivity index (χ0v) is 11.5. The second-order valence-electron chi connectivity index (χ2n) is 5.28. The van der Waals surface area contributed by atoms with Crippen molar-refractivity contribution < 1.29 is 9.47 Å². The van der Waals surface area contributed by atoms with Crippen LogP contribution in [-0.4, -0.2) is 49.9 Å². The van der Waals surface area contributed by atoms with Gasteiger partial charge in [0.1, 0.15) is 11.9 Å². The summed E-state index contributed by atoms with van der Waals surface area (Å²) in [5.74, 6) is 0.971. The first-order valence-electron chi connectivity index (χ1n) is 7.18. The van der Waals surface area contributed by atoms with E-state index in [0.29, 0.717) is 6.10 Å². The summed E-state index contributed by atoms with van der Waals surface area (Å²) in [7, 11) is 0. The molecule has 2 atom stereocenters. The van der Waals surface area contributed by atoms with Gasteiger partial charge in [0.05, 0.1) is 24.9 Å². The smallest absolute Gasteiger partial charge is 0.142 e. The van der Waals surface area contributed by atoms with Crippen molar-refractivity contribution in [3.8, 4) is 5.75 Å². The maximum atomic E-state index is 6.06. The highest BCUT2D eigenvalue weighted by atomic mass is 16.5. The third-order valence-corrected chi connectivity index (χ3v) is 3.84. The SMILES string of the molecule is CCC1CN(CC2CNc3ccccc3O2)CCO1. The Bertz CT molecular complexity index is 424. The van der Waals surface area contributed by atoms with Gasteiger partial charge < -0.3 is 14.8 Å². The van der Waals surface area contributed by atoms with E-state index >= 15 is 0 Å². The molecule has 2 unspecified atom stereocenters. The molecule has 2 aliphatic rings. The van der Waals surface area contributed by atoms with E-state index in [1.165, 1.54) is 0 Å². The normalized spacial score (nSPS) is 27.2. The van der Waals surface area contributed by atoms with Gasteiger partial charge in [-0.25, -0.2) is 0 Å². The Morgan fingerprint density at radius 3 is 3.11 bits per heavy atom. The average Bonchev–Trinajstić information content (AvgIpc) is 2.47. The van der Waals surface area contributed by atoms with Gasteiger partial charge in [-0.2, -0.15) is 0 Å². The number of nitrogens with zero attached hydrogens (tertiary/aromatic N) is 1. The lowest BCUT2D eigenvalue weighted by molar-refractivity contribution is -0.0387. The molecule has 0 radical (unpaired) electrons. The lowest BCUT2D eigenvalue weighted by Gasteiger charge is -2.36. The number of para-hydroxylation sites is 2. The van der Waals surface area contributed by atoms with E-state index in [0.717, 1.165) is 50.6 Å². The van der Waals surface area contributed by atoms with Crippen LogP contribution in [0.1, 0.15) is 13.3 Å². The van der Waals surface area contributed by atoms with E-state index in [2.05, 4.69) is 23.2 Å². The second-order valence-corrected chi connectivity index (χ2v) is 5.28. The number of morpholine rings is 1. The highest BCUT2D eigenvalue weighted by Crippen LogP contribution is 2.28. The molecule has 4 heteroatoms. The van der Waals surface area contributed by atoms with Crippen molar-refractivity contribution in [1.29, 1.82) is 0 Å². The number of hydrogen-bond acceptors (Lipinski definition) is 4. The summed E-state index contributed by atoms with van der Waals surface area (Å²) in [5, 5.41) is 3.44. The van der Waals surface area contributed by atoms with Crippen LogP contribution in [-0.2, 0) is 4.74 Å². The summed E-state index contributed by atoms with van der Waals surface area (Å²) in [6.07, 6.45) is 1.70. The van der Waals surface area contributed by atoms with E-state index in [-0.39, 0.29) is 6.10 Å². The van der Waals surface area contributed by atoms with Gasteiger partial charge in [-0.15, -0.1) is 0 Å². The molecule has 4 nitrogen and oxygen atoms in total. The number of rotatable bonds is 3. The lowest BCUT2D eigenvalue weighted by Crippen LogP contribution is -2.48. The van der Waals surface area contributed by atoms with Gasteiger partial charge in [0.25, 0.3) is 0 Å². The molecule has 1 saturated heterocycles. The van der Waals surface area contributed by atoms with Gasteiger partial charge in [-0.3, -0.25) is 4.90 Å². The fraction of sp³-hybridized carbons (Fsp3) is 0.600. The molecule has 0 spiro atoms. The predicted molar refractivity (Wildman–Crippen MR) is 75.8 cm³/mol. The van der Waals surface area contributed by atoms with E-state index in [4.69, 9.17) is 9.47 Å². The highest BCUT2D eigenvalue weighted by Gasteiger charge is 2.25. The Balaban J connectivity index is 1.57. The molecule has 1 aromatic rings. The topological polar surface area (TPSA) is 33.7 Å². The third kappa shape index (κ3) is 3.01. The first kappa shape index (κ1) is 12.8. The third-order valence-electron chi connectivity index (χ3n) is 3.84. The average molecular weight is 262 g/mol. The monoisotopic (exact) mass is 262 g/mol. The molecule has 2 aliphatic heterocycles. The zero-order valence-electron chi connectivity index (χ0n) is 11.5. The standard InChI is InChI=1S/C15H22N2O2/c1-2-12-10-17(7-8-18-12)11-13-9-16-14-5-3-4-6-15(14)19-13/h3-6,12-13,16H,2,7-11H2,1H3. The zero-order chi connectivity index (χ0) is 13.1. The van der Waals surface area contributed by atoms with Gasteiger partial charge in [0.15, 0.2) is 0 Å². The molecule has 2 heterocycles. The Hall–Kier alpha value is -1.26. The summed E-state index contributed by atoms with van der Waals surface area (Å²) in [6, 6.07) is 8.14. The molecule has 104 valence electrons. The van der Waals surface area contributed by atoms with Crippen molar-refractivity contribution >= 4 is 5.69 Å². The molecule has 19 heavy (non-hydrogen) atoms. The molecule has 0 bridgehead atoms. The summed E-state index contributed by atoms with van der Waals surface area (Å²) in [5.41, 5.74) is 1.10. The summed E-state index contributed by atoms with van der Waals surface area (Å²) in [4.78, 5) is 2.46. The molecular weight excluding hydrogens is 240 g/mol. The maximum Gasteiger partial charge on any atom is 0.142 e. The number of fused-ring (bicyclic) bond motifs is 1. The molecule has 0 saturated carbocycles. The van der Waals surface area contributed by atoms with Gasteiger partial charge in [0.2, 0.25) is 0 Å². The quantitative estimate of drug-likeness (QED) is 0.903. The van der Waals surface area contributed by atoms with Crippen LogP contribution in [0.4, 0.5) is 5.69 Å². The minimum atomic E-state index is 0.227. The minimum absolute atomic E-state index is 0.227. The van der Waals surface area contributed by atoms with Crippen LogP contribution in [0.2, 0.25) is 0 Å². The summed E-state index contributed by atoms with van der Waals surface area (Å²) >= 11 is 0. The fourth-order valence-corrected chi connectivity index (χ4v) is 2.74. The van der Waals surface area contributed by atoms with Gasteiger partial charge in [-0.05, 0) is 18.6 Å². The van der Waals surface area contributed by atoms with Crippen LogP contribution in [0.25, 0.3) is 0 Å². The van der Waals surface area contributed by atoms with Crippen LogP contribution in [0.15, 0.2) is 24.3 Å². The van der Waals surface area contributed by atoms with Crippen molar-refractivity contribution in [3.05, 3.63) is 24.3 Å². The van der Waals surface area contributed by atoms with Crippen molar-refractivity contribution in [1.82, 2.24) is 4.90 Å². The number of hydrogen-bond donors (Lipinski definition) is 1. The highest BCUT2D eigenvalue weighted by molar-refractivity contribution is 5.57. The summed E-state index contributed by atoms with van der Waals surface area (Å²) in [6.45, 7) is 6.92. The fourth-order valence-electron chi connectivity index (χ4n) is 2.74. The van der Waals surface area contributed by atoms with Crippen LogP contribution in [0.3, 0.4) is 0 Å². The van der Waals surface area contributed by atoms with Crippen LogP contribution >= 0.6 is 0 Å². The van der Waals surface area contributed by atoms with E-state index in [9.17, 15) is 0 Å². The molecule has 0 aromatic heterocycles. The Kier molecular flexibility index (Phi) is 3.89. The van der Waals surface area contributed by atoms with Crippen LogP contribution in [0.5, 0.6) is 5.75 Å². The van der Waals surface area contributed by atoms with E-state index in [1.807, 2.05) is 18.2 Å². The van der Waals surface area contributed by atoms with Crippen molar-refractivity contribution in [2.24, 2.45) is 0 Å². The van der Waals surface area contributed by atoms with Crippen molar-refractivity contribution in [2.75, 3.05) is 38.1 Å². The molecule has 0 aliphatic carbocycles. The largest absolute Gasteiger partial charge is 0.485 e.